The summed E-state index contributed by atoms with van der Waals surface area (Å²) in [5, 5.41) is 13.2. The molecular formula is C24H26F2N2O5. The molecule has 0 aromatic heterocycles. The van der Waals surface area contributed by atoms with Gasteiger partial charge < -0.3 is 20.5 Å². The Morgan fingerprint density at radius 2 is 1.58 bits per heavy atom. The number of aliphatic carboxylic acids is 1. The fourth-order valence-corrected chi connectivity index (χ4v) is 4.01. The van der Waals surface area contributed by atoms with Crippen LogP contribution in [0, 0.1) is 0 Å². The maximum absolute atomic E-state index is 13.1. The van der Waals surface area contributed by atoms with Gasteiger partial charge in [0.2, 0.25) is 5.91 Å². The molecule has 0 saturated carbocycles. The van der Waals surface area contributed by atoms with Crippen molar-refractivity contribution >= 4 is 18.0 Å². The van der Waals surface area contributed by atoms with Gasteiger partial charge in [-0.05, 0) is 28.7 Å². The monoisotopic (exact) mass is 460 g/mol. The minimum absolute atomic E-state index is 0.0407. The minimum Gasteiger partial charge on any atom is -0.481 e. The van der Waals surface area contributed by atoms with Crippen molar-refractivity contribution in [2.45, 2.75) is 50.6 Å². The van der Waals surface area contributed by atoms with Gasteiger partial charge in [-0.2, -0.15) is 0 Å². The van der Waals surface area contributed by atoms with E-state index >= 15 is 0 Å². The topological polar surface area (TPSA) is 105 Å². The quantitative estimate of drug-likeness (QED) is 0.499. The molecule has 1 aliphatic rings. The minimum atomic E-state index is -3.05. The van der Waals surface area contributed by atoms with E-state index in [0.29, 0.717) is 6.42 Å². The first-order valence-corrected chi connectivity index (χ1v) is 10.7. The molecule has 176 valence electrons. The normalized spacial score (nSPS) is 14.2. The molecule has 1 unspecified atom stereocenters. The van der Waals surface area contributed by atoms with Gasteiger partial charge in [0.25, 0.3) is 6.43 Å². The van der Waals surface area contributed by atoms with Crippen LogP contribution in [-0.2, 0) is 14.3 Å². The fourth-order valence-electron chi connectivity index (χ4n) is 4.01. The van der Waals surface area contributed by atoms with E-state index in [1.807, 2.05) is 53.8 Å². The second-order valence-corrected chi connectivity index (χ2v) is 7.86. The second kappa shape index (κ2) is 10.9. The van der Waals surface area contributed by atoms with E-state index in [0.717, 1.165) is 22.3 Å². The maximum atomic E-state index is 13.1. The lowest BCUT2D eigenvalue weighted by Gasteiger charge is -2.22. The molecule has 2 aromatic rings. The van der Waals surface area contributed by atoms with Crippen molar-refractivity contribution in [1.29, 1.82) is 0 Å². The van der Waals surface area contributed by atoms with Crippen molar-refractivity contribution in [3.05, 3.63) is 59.7 Å². The Kier molecular flexibility index (Phi) is 7.97. The van der Waals surface area contributed by atoms with Crippen molar-refractivity contribution in [3.63, 3.8) is 0 Å². The number of ether oxygens (including phenoxy) is 1. The number of benzene rings is 2. The molecule has 1 aliphatic carbocycles. The highest BCUT2D eigenvalue weighted by molar-refractivity contribution is 5.86. The molecule has 3 N–H and O–H groups in total. The largest absolute Gasteiger partial charge is 0.481 e. The molecule has 0 aliphatic heterocycles. The number of nitrogens with one attached hydrogen (secondary N) is 2. The van der Waals surface area contributed by atoms with Crippen molar-refractivity contribution in [3.8, 4) is 11.1 Å². The number of alkyl halides is 2. The molecule has 0 spiro atoms. The fraction of sp³-hybridized carbons (Fsp3) is 0.375. The number of hydrogen-bond donors (Lipinski definition) is 3. The molecule has 2 atom stereocenters. The number of alkyl carbamates (subject to hydrolysis) is 1. The zero-order valence-electron chi connectivity index (χ0n) is 18.1. The highest BCUT2D eigenvalue weighted by Crippen LogP contribution is 2.44. The summed E-state index contributed by atoms with van der Waals surface area (Å²) in [6.45, 7) is 1.81. The molecule has 0 heterocycles. The highest BCUT2D eigenvalue weighted by atomic mass is 19.3. The van der Waals surface area contributed by atoms with E-state index < -0.39 is 42.9 Å². The van der Waals surface area contributed by atoms with Crippen molar-refractivity contribution in [2.24, 2.45) is 0 Å². The van der Waals surface area contributed by atoms with Crippen LogP contribution in [0.4, 0.5) is 13.6 Å². The molecule has 0 saturated heterocycles. The summed E-state index contributed by atoms with van der Waals surface area (Å²) >= 11 is 0. The number of halogens is 2. The number of carbonyl (C=O) groups is 3. The average Bonchev–Trinajstić information content (AvgIpc) is 3.10. The van der Waals surface area contributed by atoms with E-state index in [1.165, 1.54) is 0 Å². The lowest BCUT2D eigenvalue weighted by molar-refractivity contribution is -0.139. The zero-order valence-corrected chi connectivity index (χ0v) is 18.1. The summed E-state index contributed by atoms with van der Waals surface area (Å²) in [6.07, 6.45) is -4.16. The third kappa shape index (κ3) is 5.85. The van der Waals surface area contributed by atoms with Crippen LogP contribution in [0.25, 0.3) is 11.1 Å². The predicted molar refractivity (Wildman–Crippen MR) is 117 cm³/mol. The molecule has 2 amide bonds. The number of amides is 2. The van der Waals surface area contributed by atoms with Gasteiger partial charge in [-0.25, -0.2) is 13.6 Å². The Morgan fingerprint density at radius 1 is 1.00 bits per heavy atom. The van der Waals surface area contributed by atoms with Crippen LogP contribution in [0.2, 0.25) is 0 Å². The summed E-state index contributed by atoms with van der Waals surface area (Å²) in [4.78, 5) is 35.7. The van der Waals surface area contributed by atoms with Crippen molar-refractivity contribution in [1.82, 2.24) is 10.6 Å². The number of rotatable bonds is 10. The van der Waals surface area contributed by atoms with E-state index in [9.17, 15) is 23.2 Å². The molecule has 33 heavy (non-hydrogen) atoms. The molecule has 3 rings (SSSR count). The van der Waals surface area contributed by atoms with Crippen LogP contribution in [0.3, 0.4) is 0 Å². The lowest BCUT2D eigenvalue weighted by Crippen LogP contribution is -2.52. The van der Waals surface area contributed by atoms with Crippen LogP contribution < -0.4 is 10.6 Å². The number of carbonyl (C=O) groups excluding carboxylic acids is 2. The Morgan fingerprint density at radius 3 is 2.09 bits per heavy atom. The van der Waals surface area contributed by atoms with E-state index in [2.05, 4.69) is 5.32 Å². The van der Waals surface area contributed by atoms with Crippen LogP contribution in [0.1, 0.15) is 43.2 Å². The van der Waals surface area contributed by atoms with Gasteiger partial charge >= 0.3 is 12.1 Å². The number of hydrogen-bond acceptors (Lipinski definition) is 4. The SMILES string of the molecule is CCC[C@@H](NC(=O)OCC1c2ccccc2-c2ccccc21)C(=O)NC(CC(=O)O)C(F)F. The standard InChI is InChI=1S/C24H26F2N2O5/c1-2-7-19(23(31)27-20(22(25)26)12-21(29)30)28-24(32)33-13-18-16-10-5-3-8-14(16)15-9-4-6-11-17(15)18/h3-6,8-11,18-20,22H,2,7,12-13H2,1H3,(H,27,31)(H,28,32)(H,29,30)/t19-,20?/m1/s1. The summed E-state index contributed by atoms with van der Waals surface area (Å²) in [5.41, 5.74) is 4.20. The Balaban J connectivity index is 1.64. The maximum Gasteiger partial charge on any atom is 0.407 e. The van der Waals surface area contributed by atoms with Crippen molar-refractivity contribution < 1.29 is 33.0 Å². The Hall–Kier alpha value is -3.49. The first-order valence-electron chi connectivity index (χ1n) is 10.7. The zero-order chi connectivity index (χ0) is 24.0. The third-order valence-corrected chi connectivity index (χ3v) is 5.56. The van der Waals surface area contributed by atoms with Crippen LogP contribution in [-0.4, -0.2) is 48.2 Å². The van der Waals surface area contributed by atoms with Gasteiger partial charge in [0.15, 0.2) is 0 Å². The highest BCUT2D eigenvalue weighted by Gasteiger charge is 2.31. The number of carboxylic acid groups (broad SMARTS) is 1. The average molecular weight is 460 g/mol. The Bertz CT molecular complexity index is 968. The first-order chi connectivity index (χ1) is 15.8. The van der Waals surface area contributed by atoms with Gasteiger partial charge in [0.1, 0.15) is 18.7 Å². The summed E-state index contributed by atoms with van der Waals surface area (Å²) in [7, 11) is 0. The van der Waals surface area contributed by atoms with E-state index in [1.54, 1.807) is 6.92 Å². The molecule has 0 fully saturated rings. The van der Waals surface area contributed by atoms with Gasteiger partial charge in [0, 0.05) is 5.92 Å². The van der Waals surface area contributed by atoms with Gasteiger partial charge in [0.05, 0.1) is 6.42 Å². The third-order valence-electron chi connectivity index (χ3n) is 5.56. The van der Waals surface area contributed by atoms with Crippen LogP contribution in [0.15, 0.2) is 48.5 Å². The molecule has 9 heteroatoms. The summed E-state index contributed by atoms with van der Waals surface area (Å²) in [5.74, 6) is -2.51. The molecule has 7 nitrogen and oxygen atoms in total. The lowest BCUT2D eigenvalue weighted by atomic mass is 9.98. The van der Waals surface area contributed by atoms with Gasteiger partial charge in [-0.15, -0.1) is 0 Å². The van der Waals surface area contributed by atoms with Crippen LogP contribution >= 0.6 is 0 Å². The number of carboxylic acids is 1. The molecular weight excluding hydrogens is 434 g/mol. The smallest absolute Gasteiger partial charge is 0.407 e. The molecule has 0 bridgehead atoms. The van der Waals surface area contributed by atoms with Gasteiger partial charge in [-0.1, -0.05) is 61.9 Å². The van der Waals surface area contributed by atoms with Crippen LogP contribution in [0.5, 0.6) is 0 Å². The number of fused-ring (bicyclic) bond motifs is 3. The van der Waals surface area contributed by atoms with E-state index in [-0.39, 0.29) is 18.9 Å². The summed E-state index contributed by atoms with van der Waals surface area (Å²) in [6, 6.07) is 12.7. The summed E-state index contributed by atoms with van der Waals surface area (Å²) < 4.78 is 31.6. The molecule has 0 radical (unpaired) electrons. The van der Waals surface area contributed by atoms with Crippen molar-refractivity contribution in [2.75, 3.05) is 6.61 Å². The Labute approximate surface area is 190 Å². The predicted octanol–water partition coefficient (Wildman–Crippen LogP) is 3.92. The second-order valence-electron chi connectivity index (χ2n) is 7.86. The first kappa shape index (κ1) is 24.2. The molecule has 2 aromatic carbocycles. The van der Waals surface area contributed by atoms with Gasteiger partial charge in [-0.3, -0.25) is 9.59 Å². The van der Waals surface area contributed by atoms with E-state index in [4.69, 9.17) is 9.84 Å².